The van der Waals surface area contributed by atoms with E-state index in [2.05, 4.69) is 19.2 Å². The van der Waals surface area contributed by atoms with Crippen molar-refractivity contribution in [3.8, 4) is 0 Å². The van der Waals surface area contributed by atoms with E-state index in [0.29, 0.717) is 6.04 Å². The number of hydrogen-bond acceptors (Lipinski definition) is 2. The molecular formula is C15H24FNS. The smallest absolute Gasteiger partial charge is 0.136 e. The number of halogens is 1. The maximum atomic E-state index is 13.4. The summed E-state index contributed by atoms with van der Waals surface area (Å²) in [5, 5.41) is 3.55. The van der Waals surface area contributed by atoms with E-state index >= 15 is 0 Å². The number of benzene rings is 1. The molecule has 0 heterocycles. The van der Waals surface area contributed by atoms with Gasteiger partial charge in [-0.3, -0.25) is 0 Å². The molecule has 0 fully saturated rings. The zero-order chi connectivity index (χ0) is 13.2. The lowest BCUT2D eigenvalue weighted by Crippen LogP contribution is -2.29. The lowest BCUT2D eigenvalue weighted by atomic mass is 10.1. The molecule has 0 aromatic heterocycles. The van der Waals surface area contributed by atoms with Gasteiger partial charge in [0.2, 0.25) is 0 Å². The lowest BCUT2D eigenvalue weighted by Gasteiger charge is -2.16. The van der Waals surface area contributed by atoms with Gasteiger partial charge in [0.1, 0.15) is 5.82 Å². The third-order valence-corrected chi connectivity index (χ3v) is 4.10. The molecule has 0 saturated heterocycles. The first-order valence-corrected chi connectivity index (χ1v) is 7.87. The van der Waals surface area contributed by atoms with Gasteiger partial charge in [-0.25, -0.2) is 4.39 Å². The molecule has 3 heteroatoms. The molecule has 0 spiro atoms. The third kappa shape index (κ3) is 5.87. The molecule has 0 aliphatic heterocycles. The molecule has 0 saturated carbocycles. The molecule has 1 nitrogen and oxygen atoms in total. The Balaban J connectivity index is 2.19. The number of nitrogens with one attached hydrogen (secondary N) is 1. The fourth-order valence-electron chi connectivity index (χ4n) is 1.87. The minimum absolute atomic E-state index is 0.0985. The van der Waals surface area contributed by atoms with Crippen LogP contribution in [0.5, 0.6) is 0 Å². The van der Waals surface area contributed by atoms with Crippen LogP contribution in [0.1, 0.15) is 39.5 Å². The molecule has 0 radical (unpaired) electrons. The van der Waals surface area contributed by atoms with E-state index in [1.54, 1.807) is 17.8 Å². The van der Waals surface area contributed by atoms with Crippen LogP contribution in [0.3, 0.4) is 0 Å². The van der Waals surface area contributed by atoms with Crippen molar-refractivity contribution in [1.82, 2.24) is 5.32 Å². The van der Waals surface area contributed by atoms with E-state index in [9.17, 15) is 4.39 Å². The molecular weight excluding hydrogens is 245 g/mol. The number of hydrogen-bond donors (Lipinski definition) is 1. The van der Waals surface area contributed by atoms with Gasteiger partial charge < -0.3 is 5.32 Å². The van der Waals surface area contributed by atoms with E-state index in [1.807, 2.05) is 12.1 Å². The highest BCUT2D eigenvalue weighted by molar-refractivity contribution is 7.99. The van der Waals surface area contributed by atoms with Crippen LogP contribution in [0.15, 0.2) is 29.2 Å². The van der Waals surface area contributed by atoms with E-state index in [1.165, 1.54) is 25.3 Å². The molecule has 0 aliphatic carbocycles. The molecule has 18 heavy (non-hydrogen) atoms. The fraction of sp³-hybridized carbons (Fsp3) is 0.600. The molecule has 1 aromatic rings. The summed E-state index contributed by atoms with van der Waals surface area (Å²) in [5.74, 6) is 0.893. The Morgan fingerprint density at radius 2 is 2.06 bits per heavy atom. The summed E-state index contributed by atoms with van der Waals surface area (Å²) in [5.41, 5.74) is 0. The van der Waals surface area contributed by atoms with Gasteiger partial charge in [-0.05, 0) is 50.1 Å². The monoisotopic (exact) mass is 269 g/mol. The predicted octanol–water partition coefficient (Wildman–Crippen LogP) is 4.48. The maximum Gasteiger partial charge on any atom is 0.136 e. The molecule has 1 atom stereocenters. The van der Waals surface area contributed by atoms with Gasteiger partial charge in [0.25, 0.3) is 0 Å². The number of rotatable bonds is 9. The van der Waals surface area contributed by atoms with Crippen LogP contribution in [0.4, 0.5) is 4.39 Å². The normalized spacial score (nSPS) is 12.6. The van der Waals surface area contributed by atoms with Crippen LogP contribution in [0.25, 0.3) is 0 Å². The van der Waals surface area contributed by atoms with Crippen molar-refractivity contribution in [3.63, 3.8) is 0 Å². The minimum Gasteiger partial charge on any atom is -0.314 e. The number of thioether (sulfide) groups is 1. The second-order valence-electron chi connectivity index (χ2n) is 4.48. The summed E-state index contributed by atoms with van der Waals surface area (Å²) < 4.78 is 13.4. The summed E-state index contributed by atoms with van der Waals surface area (Å²) in [4.78, 5) is 0.770. The van der Waals surface area contributed by atoms with Gasteiger partial charge in [0.15, 0.2) is 0 Å². The maximum absolute atomic E-state index is 13.4. The molecule has 0 aliphatic rings. The Morgan fingerprint density at radius 3 is 2.72 bits per heavy atom. The summed E-state index contributed by atoms with van der Waals surface area (Å²) in [6.07, 6.45) is 4.66. The molecule has 0 amide bonds. The zero-order valence-corrected chi connectivity index (χ0v) is 12.2. The van der Waals surface area contributed by atoms with Crippen LogP contribution in [-0.2, 0) is 0 Å². The van der Waals surface area contributed by atoms with Gasteiger partial charge >= 0.3 is 0 Å². The highest BCUT2D eigenvalue weighted by atomic mass is 32.2. The average Bonchev–Trinajstić information content (AvgIpc) is 2.40. The Hall–Kier alpha value is -0.540. The van der Waals surface area contributed by atoms with Crippen LogP contribution >= 0.6 is 11.8 Å². The van der Waals surface area contributed by atoms with Crippen molar-refractivity contribution in [1.29, 1.82) is 0 Å². The van der Waals surface area contributed by atoms with Crippen molar-refractivity contribution in [2.45, 2.75) is 50.5 Å². The summed E-state index contributed by atoms with van der Waals surface area (Å²) in [6, 6.07) is 7.63. The Kier molecular flexibility index (Phi) is 8.10. The van der Waals surface area contributed by atoms with Crippen molar-refractivity contribution in [2.24, 2.45) is 0 Å². The van der Waals surface area contributed by atoms with Gasteiger partial charge in [-0.1, -0.05) is 26.0 Å². The topological polar surface area (TPSA) is 12.0 Å². The van der Waals surface area contributed by atoms with Crippen LogP contribution in [0.2, 0.25) is 0 Å². The quantitative estimate of drug-likeness (QED) is 0.524. The van der Waals surface area contributed by atoms with E-state index < -0.39 is 0 Å². The first kappa shape index (κ1) is 15.5. The summed E-state index contributed by atoms with van der Waals surface area (Å²) in [6.45, 7) is 5.50. The van der Waals surface area contributed by atoms with Crippen molar-refractivity contribution >= 4 is 11.8 Å². The van der Waals surface area contributed by atoms with Gasteiger partial charge in [-0.15, -0.1) is 11.8 Å². The zero-order valence-electron chi connectivity index (χ0n) is 11.4. The summed E-state index contributed by atoms with van der Waals surface area (Å²) in [7, 11) is 0. The van der Waals surface area contributed by atoms with Crippen molar-refractivity contribution < 1.29 is 4.39 Å². The van der Waals surface area contributed by atoms with Gasteiger partial charge in [0, 0.05) is 10.9 Å². The molecule has 102 valence electrons. The molecule has 1 rings (SSSR count). The van der Waals surface area contributed by atoms with Crippen LogP contribution in [0, 0.1) is 5.82 Å². The SMILES string of the molecule is CCCNC(CC)CCCSc1ccccc1F. The predicted molar refractivity (Wildman–Crippen MR) is 78.7 cm³/mol. The highest BCUT2D eigenvalue weighted by Crippen LogP contribution is 2.22. The second kappa shape index (κ2) is 9.40. The first-order valence-electron chi connectivity index (χ1n) is 6.88. The Labute approximate surface area is 115 Å². The fourth-order valence-corrected chi connectivity index (χ4v) is 2.78. The Bertz CT molecular complexity index is 330. The first-order chi connectivity index (χ1) is 8.77. The minimum atomic E-state index is -0.0985. The highest BCUT2D eigenvalue weighted by Gasteiger charge is 2.05. The second-order valence-corrected chi connectivity index (χ2v) is 5.62. The summed E-state index contributed by atoms with van der Waals surface area (Å²) >= 11 is 1.62. The van der Waals surface area contributed by atoms with Crippen molar-refractivity contribution in [2.75, 3.05) is 12.3 Å². The van der Waals surface area contributed by atoms with Crippen molar-refractivity contribution in [3.05, 3.63) is 30.1 Å². The van der Waals surface area contributed by atoms with E-state index in [-0.39, 0.29) is 5.82 Å². The molecule has 1 N–H and O–H groups in total. The molecule has 1 unspecified atom stereocenters. The van der Waals surface area contributed by atoms with E-state index in [4.69, 9.17) is 0 Å². The molecule has 1 aromatic carbocycles. The van der Waals surface area contributed by atoms with Gasteiger partial charge in [-0.2, -0.15) is 0 Å². The molecule has 0 bridgehead atoms. The lowest BCUT2D eigenvalue weighted by molar-refractivity contribution is 0.465. The standard InChI is InChI=1S/C15H24FNS/c1-3-11-17-13(4-2)8-7-12-18-15-10-6-5-9-14(15)16/h5-6,9-10,13,17H,3-4,7-8,11-12H2,1-2H3. The van der Waals surface area contributed by atoms with Crippen LogP contribution < -0.4 is 5.32 Å². The van der Waals surface area contributed by atoms with Crippen LogP contribution in [-0.4, -0.2) is 18.3 Å². The van der Waals surface area contributed by atoms with E-state index in [0.717, 1.165) is 23.6 Å². The third-order valence-electron chi connectivity index (χ3n) is 2.97. The average molecular weight is 269 g/mol. The Morgan fingerprint density at radius 1 is 1.28 bits per heavy atom. The largest absolute Gasteiger partial charge is 0.314 e. The van der Waals surface area contributed by atoms with Gasteiger partial charge in [0.05, 0.1) is 0 Å².